The Labute approximate surface area is 339 Å². The highest BCUT2D eigenvalue weighted by molar-refractivity contribution is 6.07. The molecule has 0 aliphatic carbocycles. The summed E-state index contributed by atoms with van der Waals surface area (Å²) in [5.74, 6) is 0.0397. The van der Waals surface area contributed by atoms with Crippen LogP contribution >= 0.6 is 0 Å². The highest BCUT2D eigenvalue weighted by atomic mass is 19.1. The minimum Gasteiger partial charge on any atom is -0.457 e. The van der Waals surface area contributed by atoms with E-state index in [0.29, 0.717) is 17.8 Å². The average molecular weight is 817 g/mol. The van der Waals surface area contributed by atoms with Crippen LogP contribution in [0.4, 0.5) is 10.3 Å². The Bertz CT molecular complexity index is 1810. The molecular formula is C40H61FN8O9. The Morgan fingerprint density at radius 1 is 1.12 bits per heavy atom. The van der Waals surface area contributed by atoms with Crippen molar-refractivity contribution in [1.29, 1.82) is 0 Å². The lowest BCUT2D eigenvalue weighted by molar-refractivity contribution is -0.295. The highest BCUT2D eigenvalue weighted by Gasteiger charge is 2.56. The Kier molecular flexibility index (Phi) is 15.3. The molecule has 0 saturated carbocycles. The number of aliphatic hydroxyl groups is 2. The van der Waals surface area contributed by atoms with Gasteiger partial charge in [-0.05, 0) is 67.1 Å². The largest absolute Gasteiger partial charge is 0.457 e. The zero-order valence-corrected chi connectivity index (χ0v) is 35.4. The Morgan fingerprint density at radius 3 is 2.43 bits per heavy atom. The van der Waals surface area contributed by atoms with Crippen molar-refractivity contribution >= 4 is 23.5 Å². The molecule has 58 heavy (non-hydrogen) atoms. The molecule has 2 saturated heterocycles. The van der Waals surface area contributed by atoms with E-state index in [1.165, 1.54) is 31.8 Å². The number of hydrogen-bond acceptors (Lipinski definition) is 16. The molecule has 2 aliphatic heterocycles. The van der Waals surface area contributed by atoms with Gasteiger partial charge >= 0.3 is 5.97 Å². The van der Waals surface area contributed by atoms with Crippen LogP contribution in [0.25, 0.3) is 11.4 Å². The van der Waals surface area contributed by atoms with Crippen molar-refractivity contribution in [2.75, 3.05) is 33.5 Å². The topological polar surface area (TPSA) is 226 Å². The second-order valence-corrected chi connectivity index (χ2v) is 16.4. The van der Waals surface area contributed by atoms with Crippen molar-refractivity contribution in [3.05, 3.63) is 18.5 Å². The van der Waals surface area contributed by atoms with Gasteiger partial charge in [0, 0.05) is 43.1 Å². The van der Waals surface area contributed by atoms with E-state index in [4.69, 9.17) is 24.7 Å². The number of ketones is 2. The molecule has 2 unspecified atom stereocenters. The number of aliphatic hydroxyl groups excluding tert-OH is 1. The van der Waals surface area contributed by atoms with Crippen LogP contribution in [0.3, 0.4) is 0 Å². The maximum atomic E-state index is 16.7. The SMILES string of the molecule is CC[C@H]1OC(=O)[C@@](C)(F)C(=O)[C@H](C)[C@@H](O[C@@H]2O[C@H](C)CC(N(C)C)C2O)[C@](C)(OC)C[C@@H](C)C(=O)[C@H](C)[C@@H](NCC#CCn2cc(-c3ccnc(N)n3)nn2)[C@]1(C)O. The van der Waals surface area contributed by atoms with Crippen LogP contribution in [0.15, 0.2) is 18.5 Å². The molecule has 4 heterocycles. The number of rotatable bonds is 9. The fraction of sp³-hybridized carbons (Fsp3) is 0.725. The number of esters is 1. The summed E-state index contributed by atoms with van der Waals surface area (Å²) in [7, 11) is 5.01. The van der Waals surface area contributed by atoms with Crippen LogP contribution < -0.4 is 11.1 Å². The molecule has 322 valence electrons. The summed E-state index contributed by atoms with van der Waals surface area (Å²) in [6.45, 7) is 12.2. The summed E-state index contributed by atoms with van der Waals surface area (Å²) in [4.78, 5) is 52.1. The second-order valence-electron chi connectivity index (χ2n) is 16.4. The van der Waals surface area contributed by atoms with E-state index < -0.39 is 77.0 Å². The predicted octanol–water partition coefficient (Wildman–Crippen LogP) is 1.75. The third-order valence-corrected chi connectivity index (χ3v) is 11.6. The summed E-state index contributed by atoms with van der Waals surface area (Å²) in [5.41, 5.74) is 0.0337. The Balaban J connectivity index is 1.66. The first kappa shape index (κ1) is 46.7. The molecule has 17 nitrogen and oxygen atoms in total. The molecule has 0 bridgehead atoms. The molecule has 0 aromatic carbocycles. The van der Waals surface area contributed by atoms with Crippen LogP contribution in [0.5, 0.6) is 0 Å². The number of nitrogens with two attached hydrogens (primary N) is 1. The average Bonchev–Trinajstić information content (AvgIpc) is 3.65. The van der Waals surface area contributed by atoms with Crippen LogP contribution in [-0.2, 0) is 39.9 Å². The van der Waals surface area contributed by atoms with Crippen molar-refractivity contribution < 1.29 is 47.9 Å². The van der Waals surface area contributed by atoms with Crippen LogP contribution in [0.2, 0.25) is 0 Å². The number of ether oxygens (including phenoxy) is 4. The smallest absolute Gasteiger partial charge is 0.351 e. The number of Topliss-reactive ketones (excluding diaryl/α,β-unsaturated/α-hetero) is 2. The number of cyclic esters (lactones) is 1. The molecular weight excluding hydrogens is 755 g/mol. The summed E-state index contributed by atoms with van der Waals surface area (Å²) in [6.07, 6.45) is -1.79. The number of alkyl halides is 1. The minimum atomic E-state index is -3.20. The van der Waals surface area contributed by atoms with Gasteiger partial charge < -0.3 is 39.8 Å². The maximum absolute atomic E-state index is 16.7. The van der Waals surface area contributed by atoms with Crippen LogP contribution in [0, 0.1) is 29.6 Å². The van der Waals surface area contributed by atoms with Crippen molar-refractivity contribution in [1.82, 2.24) is 35.2 Å². The number of likely N-dealkylation sites (N-methyl/N-ethyl adjacent to an activating group) is 1. The van der Waals surface area contributed by atoms with E-state index in [-0.39, 0.29) is 49.8 Å². The van der Waals surface area contributed by atoms with Gasteiger partial charge in [0.05, 0.1) is 36.2 Å². The number of halogens is 1. The summed E-state index contributed by atoms with van der Waals surface area (Å²) in [6, 6.07) is 0.207. The monoisotopic (exact) mass is 816 g/mol. The molecule has 5 N–H and O–H groups in total. The molecule has 13 atom stereocenters. The first-order valence-electron chi connectivity index (χ1n) is 19.7. The molecule has 4 rings (SSSR count). The van der Waals surface area contributed by atoms with Gasteiger partial charge in [0.2, 0.25) is 5.95 Å². The lowest BCUT2D eigenvalue weighted by Gasteiger charge is -2.47. The highest BCUT2D eigenvalue weighted by Crippen LogP contribution is 2.39. The molecule has 2 fully saturated rings. The third-order valence-electron chi connectivity index (χ3n) is 11.6. The van der Waals surface area contributed by atoms with Crippen molar-refractivity contribution in [2.24, 2.45) is 17.8 Å². The van der Waals surface area contributed by atoms with E-state index in [0.717, 1.165) is 6.92 Å². The van der Waals surface area contributed by atoms with Crippen molar-refractivity contribution in [2.45, 2.75) is 141 Å². The van der Waals surface area contributed by atoms with Crippen molar-refractivity contribution in [3.8, 4) is 23.2 Å². The van der Waals surface area contributed by atoms with Crippen LogP contribution in [-0.4, -0.2) is 145 Å². The quantitative estimate of drug-likeness (QED) is 0.161. The van der Waals surface area contributed by atoms with E-state index in [1.54, 1.807) is 40.0 Å². The number of nitrogens with zero attached hydrogens (tertiary/aromatic N) is 6. The molecule has 2 aromatic rings. The third kappa shape index (κ3) is 10.2. The van der Waals surface area contributed by atoms with Gasteiger partial charge in [-0.15, -0.1) is 5.10 Å². The van der Waals surface area contributed by atoms with Gasteiger partial charge in [-0.1, -0.05) is 44.7 Å². The number of carbonyl (C=O) groups excluding carboxylic acids is 3. The van der Waals surface area contributed by atoms with Gasteiger partial charge in [0.25, 0.3) is 5.67 Å². The minimum absolute atomic E-state index is 0.0141. The number of methoxy groups -OCH3 is 1. The van der Waals surface area contributed by atoms with Gasteiger partial charge in [0.1, 0.15) is 35.8 Å². The fourth-order valence-electron chi connectivity index (χ4n) is 8.21. The molecule has 18 heteroatoms. The molecule has 0 radical (unpaired) electrons. The Hall–Kier alpha value is -3.96. The number of carbonyl (C=O) groups is 3. The number of anilines is 1. The molecule has 2 aromatic heterocycles. The standard InChI is InChI=1S/C40H61FN8O9/c1-12-29-40(8,54)32(43-16-13-14-18-49-21-27(46-47-49)26-15-17-44-37(42)45-26)24(4)30(50)22(2)20-38(6,55-11)34(25(5)33(52)39(7,41)36(53)57-29)58-35-31(51)28(48(9)10)19-23(3)56-35/h15,17,21-25,28-29,31-32,34-35,43,51,54H,12,16,18-20H2,1-11H3,(H2,42,44,45)/t22-,23-,24+,25+,28?,29-,31?,32-,34-,35+,38-,39+,40-/m1/s1. The van der Waals surface area contributed by atoms with Crippen LogP contribution in [0.1, 0.15) is 74.7 Å². The number of hydrogen-bond donors (Lipinski definition) is 4. The van der Waals surface area contributed by atoms with Gasteiger partial charge in [-0.3, -0.25) is 14.9 Å². The van der Waals surface area contributed by atoms with E-state index in [9.17, 15) is 24.6 Å². The van der Waals surface area contributed by atoms with Gasteiger partial charge in [0.15, 0.2) is 12.1 Å². The molecule has 0 spiro atoms. The zero-order chi connectivity index (χ0) is 43.3. The van der Waals surface area contributed by atoms with Gasteiger partial charge in [-0.25, -0.2) is 23.8 Å². The first-order chi connectivity index (χ1) is 27.1. The lowest BCUT2D eigenvalue weighted by atomic mass is 9.73. The number of nitrogens with one attached hydrogen (secondary N) is 1. The van der Waals surface area contributed by atoms with Gasteiger partial charge in [-0.2, -0.15) is 0 Å². The number of aromatic nitrogens is 5. The second kappa shape index (κ2) is 19.0. The molecule has 0 amide bonds. The molecule has 2 aliphatic rings. The number of nitrogen functional groups attached to an aromatic ring is 1. The van der Waals surface area contributed by atoms with E-state index in [2.05, 4.69) is 37.4 Å². The van der Waals surface area contributed by atoms with Crippen molar-refractivity contribution in [3.63, 3.8) is 0 Å². The predicted molar refractivity (Wildman–Crippen MR) is 210 cm³/mol. The first-order valence-corrected chi connectivity index (χ1v) is 19.7. The normalized spacial score (nSPS) is 36.8. The summed E-state index contributed by atoms with van der Waals surface area (Å²) in [5, 5.41) is 34.9. The zero-order valence-electron chi connectivity index (χ0n) is 35.4. The lowest BCUT2D eigenvalue weighted by Crippen LogP contribution is -2.63. The van der Waals surface area contributed by atoms with E-state index in [1.807, 2.05) is 25.9 Å². The van der Waals surface area contributed by atoms with E-state index >= 15 is 4.39 Å². The maximum Gasteiger partial charge on any atom is 0.351 e. The Morgan fingerprint density at radius 2 is 1.81 bits per heavy atom. The summed E-state index contributed by atoms with van der Waals surface area (Å²) < 4.78 is 42.4. The summed E-state index contributed by atoms with van der Waals surface area (Å²) >= 11 is 0. The fourth-order valence-corrected chi connectivity index (χ4v) is 8.21.